The molecule has 2 unspecified atom stereocenters. The molecule has 116 valence electrons. The van der Waals surface area contributed by atoms with Crippen LogP contribution in [0.2, 0.25) is 0 Å². The number of H-pyrrole nitrogens is 1. The van der Waals surface area contributed by atoms with Crippen molar-refractivity contribution in [3.8, 4) is 0 Å². The monoisotopic (exact) mass is 362 g/mol. The summed E-state index contributed by atoms with van der Waals surface area (Å²) in [7, 11) is 0. The van der Waals surface area contributed by atoms with Crippen LogP contribution in [0.25, 0.3) is 10.9 Å². The van der Waals surface area contributed by atoms with Gasteiger partial charge in [0.15, 0.2) is 5.69 Å². The molecule has 1 aromatic heterocycles. The Morgan fingerprint density at radius 1 is 1.27 bits per heavy atom. The molecule has 1 aromatic carbocycles. The lowest BCUT2D eigenvalue weighted by Gasteiger charge is -2.40. The van der Waals surface area contributed by atoms with E-state index in [1.807, 2.05) is 18.2 Å². The second kappa shape index (κ2) is 5.66. The van der Waals surface area contributed by atoms with E-state index < -0.39 is 0 Å². The number of fused-ring (bicyclic) bond motifs is 3. The Morgan fingerprint density at radius 3 is 2.82 bits per heavy atom. The number of piperidine rings is 2. The summed E-state index contributed by atoms with van der Waals surface area (Å²) in [6.45, 7) is 0. The maximum absolute atomic E-state index is 12.6. The van der Waals surface area contributed by atoms with Gasteiger partial charge < -0.3 is 10.6 Å². The van der Waals surface area contributed by atoms with Crippen LogP contribution in [0.3, 0.4) is 0 Å². The van der Waals surface area contributed by atoms with Crippen LogP contribution >= 0.6 is 15.9 Å². The largest absolute Gasteiger partial charge is 0.348 e. The molecule has 2 aromatic rings. The molecule has 2 saturated heterocycles. The molecule has 22 heavy (non-hydrogen) atoms. The number of aromatic amines is 1. The lowest BCUT2D eigenvalue weighted by molar-refractivity contribution is 0.0903. The number of nitrogens with one attached hydrogen (secondary N) is 3. The minimum atomic E-state index is -0.0708. The first-order valence-corrected chi connectivity index (χ1v) is 8.69. The van der Waals surface area contributed by atoms with Gasteiger partial charge in [-0.3, -0.25) is 9.89 Å². The smallest absolute Gasteiger partial charge is 0.272 e. The zero-order valence-corrected chi connectivity index (χ0v) is 13.8. The number of carbonyl (C=O) groups is 1. The molecule has 3 heterocycles. The number of nitrogens with zero attached hydrogens (tertiary/aromatic N) is 1. The standard InChI is InChI=1S/C16H19BrN4O/c17-9-4-5-13-14(6-9)20-21-15(13)16(22)19-12-7-10-2-1-3-11(8-12)18-10/h4-6,10-12,18H,1-3,7-8H2,(H,19,22)(H,20,21). The Balaban J connectivity index is 1.51. The molecule has 2 fully saturated rings. The first-order chi connectivity index (χ1) is 10.7. The van der Waals surface area contributed by atoms with Gasteiger partial charge >= 0.3 is 0 Å². The minimum Gasteiger partial charge on any atom is -0.348 e. The summed E-state index contributed by atoms with van der Waals surface area (Å²) in [5.41, 5.74) is 1.37. The maximum atomic E-state index is 12.6. The summed E-state index contributed by atoms with van der Waals surface area (Å²) in [5, 5.41) is 14.8. The maximum Gasteiger partial charge on any atom is 0.272 e. The summed E-state index contributed by atoms with van der Waals surface area (Å²) < 4.78 is 0.974. The molecule has 0 saturated carbocycles. The third kappa shape index (κ3) is 2.65. The van der Waals surface area contributed by atoms with Crippen LogP contribution in [0, 0.1) is 0 Å². The van der Waals surface area contributed by atoms with E-state index in [9.17, 15) is 4.79 Å². The third-order valence-electron chi connectivity index (χ3n) is 4.79. The van der Waals surface area contributed by atoms with Gasteiger partial charge in [0.25, 0.3) is 5.91 Å². The summed E-state index contributed by atoms with van der Waals surface area (Å²) in [6, 6.07) is 7.17. The molecule has 0 radical (unpaired) electrons. The molecular formula is C16H19BrN4O. The number of amides is 1. The zero-order chi connectivity index (χ0) is 15.1. The van der Waals surface area contributed by atoms with Crippen molar-refractivity contribution in [2.24, 2.45) is 0 Å². The topological polar surface area (TPSA) is 69.8 Å². The highest BCUT2D eigenvalue weighted by molar-refractivity contribution is 9.10. The van der Waals surface area contributed by atoms with Crippen molar-refractivity contribution in [3.05, 3.63) is 28.4 Å². The van der Waals surface area contributed by atoms with Gasteiger partial charge in [-0.25, -0.2) is 0 Å². The molecule has 2 bridgehead atoms. The molecular weight excluding hydrogens is 344 g/mol. The van der Waals surface area contributed by atoms with Crippen LogP contribution in [0.5, 0.6) is 0 Å². The number of benzene rings is 1. The highest BCUT2D eigenvalue weighted by Crippen LogP contribution is 2.26. The van der Waals surface area contributed by atoms with Gasteiger partial charge in [0, 0.05) is 28.0 Å². The second-order valence-corrected chi connectivity index (χ2v) is 7.31. The normalized spacial score (nSPS) is 27.8. The SMILES string of the molecule is O=C(NC1CC2CCCC(C1)N2)c1n[nH]c2cc(Br)ccc12. The molecule has 2 atom stereocenters. The van der Waals surface area contributed by atoms with E-state index >= 15 is 0 Å². The fourth-order valence-electron chi connectivity index (χ4n) is 3.80. The summed E-state index contributed by atoms with van der Waals surface area (Å²) in [6.07, 6.45) is 5.80. The average Bonchev–Trinajstić information content (AvgIpc) is 2.89. The molecule has 2 aliphatic rings. The van der Waals surface area contributed by atoms with Crippen molar-refractivity contribution in [2.75, 3.05) is 0 Å². The van der Waals surface area contributed by atoms with Crippen molar-refractivity contribution in [1.29, 1.82) is 0 Å². The van der Waals surface area contributed by atoms with E-state index in [1.54, 1.807) is 0 Å². The summed E-state index contributed by atoms with van der Waals surface area (Å²) in [4.78, 5) is 12.6. The van der Waals surface area contributed by atoms with Gasteiger partial charge in [-0.2, -0.15) is 5.10 Å². The van der Waals surface area contributed by atoms with Crippen molar-refractivity contribution < 1.29 is 4.79 Å². The predicted molar refractivity (Wildman–Crippen MR) is 88.8 cm³/mol. The van der Waals surface area contributed by atoms with E-state index in [-0.39, 0.29) is 11.9 Å². The zero-order valence-electron chi connectivity index (χ0n) is 12.2. The molecule has 6 heteroatoms. The highest BCUT2D eigenvalue weighted by atomic mass is 79.9. The van der Waals surface area contributed by atoms with Gasteiger partial charge in [-0.1, -0.05) is 22.4 Å². The Kier molecular flexibility index (Phi) is 3.66. The van der Waals surface area contributed by atoms with E-state index in [1.165, 1.54) is 19.3 Å². The van der Waals surface area contributed by atoms with Gasteiger partial charge in [-0.15, -0.1) is 0 Å². The van der Waals surface area contributed by atoms with Crippen molar-refractivity contribution in [1.82, 2.24) is 20.8 Å². The highest BCUT2D eigenvalue weighted by Gasteiger charge is 2.32. The number of carbonyl (C=O) groups excluding carboxylic acids is 1. The second-order valence-electron chi connectivity index (χ2n) is 6.40. The van der Waals surface area contributed by atoms with Gasteiger partial charge in [0.05, 0.1) is 5.52 Å². The van der Waals surface area contributed by atoms with Crippen molar-refractivity contribution >= 4 is 32.7 Å². The molecule has 4 rings (SSSR count). The van der Waals surface area contributed by atoms with E-state index in [0.717, 1.165) is 28.2 Å². The number of hydrogen-bond donors (Lipinski definition) is 3. The molecule has 2 aliphatic heterocycles. The van der Waals surface area contributed by atoms with Crippen LogP contribution in [-0.4, -0.2) is 34.2 Å². The van der Waals surface area contributed by atoms with E-state index in [0.29, 0.717) is 17.8 Å². The lowest BCUT2D eigenvalue weighted by Crippen LogP contribution is -2.54. The first-order valence-electron chi connectivity index (χ1n) is 7.89. The molecule has 0 spiro atoms. The quantitative estimate of drug-likeness (QED) is 0.769. The third-order valence-corrected chi connectivity index (χ3v) is 5.28. The number of halogens is 1. The molecule has 1 amide bonds. The van der Waals surface area contributed by atoms with Crippen LogP contribution < -0.4 is 10.6 Å². The van der Waals surface area contributed by atoms with Crippen molar-refractivity contribution in [3.63, 3.8) is 0 Å². The van der Waals surface area contributed by atoms with Gasteiger partial charge in [0.1, 0.15) is 0 Å². The van der Waals surface area contributed by atoms with Crippen LogP contribution in [0.4, 0.5) is 0 Å². The van der Waals surface area contributed by atoms with Gasteiger partial charge in [-0.05, 0) is 43.9 Å². The Bertz CT molecular complexity index is 701. The summed E-state index contributed by atoms with van der Waals surface area (Å²) >= 11 is 3.43. The lowest BCUT2D eigenvalue weighted by atomic mass is 9.84. The van der Waals surface area contributed by atoms with Gasteiger partial charge in [0.2, 0.25) is 0 Å². The number of rotatable bonds is 2. The van der Waals surface area contributed by atoms with E-state index in [4.69, 9.17) is 0 Å². The average molecular weight is 363 g/mol. The first kappa shape index (κ1) is 14.2. The number of hydrogen-bond acceptors (Lipinski definition) is 3. The van der Waals surface area contributed by atoms with Crippen LogP contribution in [0.1, 0.15) is 42.6 Å². The summed E-state index contributed by atoms with van der Waals surface area (Å²) in [5.74, 6) is -0.0708. The molecule has 3 N–H and O–H groups in total. The Hall–Kier alpha value is -1.40. The Labute approximate surface area is 137 Å². The van der Waals surface area contributed by atoms with Crippen LogP contribution in [-0.2, 0) is 0 Å². The predicted octanol–water partition coefficient (Wildman–Crippen LogP) is 2.73. The van der Waals surface area contributed by atoms with Crippen molar-refractivity contribution in [2.45, 2.75) is 50.2 Å². The molecule has 5 nitrogen and oxygen atoms in total. The fourth-order valence-corrected chi connectivity index (χ4v) is 4.16. The fraction of sp³-hybridized carbons (Fsp3) is 0.500. The minimum absolute atomic E-state index is 0.0708. The van der Waals surface area contributed by atoms with E-state index in [2.05, 4.69) is 36.8 Å². The molecule has 0 aliphatic carbocycles. The Morgan fingerprint density at radius 2 is 2.05 bits per heavy atom. The number of aromatic nitrogens is 2. The van der Waals surface area contributed by atoms with Crippen LogP contribution in [0.15, 0.2) is 22.7 Å².